The second-order valence-corrected chi connectivity index (χ2v) is 7.65. The molecule has 0 saturated carbocycles. The van der Waals surface area contributed by atoms with Crippen LogP contribution in [0.25, 0.3) is 0 Å². The van der Waals surface area contributed by atoms with Crippen molar-refractivity contribution in [3.8, 4) is 0 Å². The minimum atomic E-state index is 0. The van der Waals surface area contributed by atoms with Crippen LogP contribution < -0.4 is 4.90 Å². The fourth-order valence-electron chi connectivity index (χ4n) is 2.54. The molecule has 1 aliphatic rings. The molecule has 1 aromatic heterocycles. The van der Waals surface area contributed by atoms with Crippen molar-refractivity contribution in [2.45, 2.75) is 20.3 Å². The topological polar surface area (TPSA) is 32.7 Å². The van der Waals surface area contributed by atoms with Crippen molar-refractivity contribution in [2.75, 3.05) is 23.7 Å². The van der Waals surface area contributed by atoms with Crippen molar-refractivity contribution in [1.29, 1.82) is 0 Å². The number of ketones is 1. The van der Waals surface area contributed by atoms with Gasteiger partial charge in [0.2, 0.25) is 0 Å². The summed E-state index contributed by atoms with van der Waals surface area (Å²) in [6.07, 6.45) is 1.10. The normalized spacial score (nSPS) is 13.8. The van der Waals surface area contributed by atoms with Gasteiger partial charge in [0.05, 0.1) is 11.4 Å². The number of thiophene rings is 1. The zero-order chi connectivity index (χ0) is 16.2. The summed E-state index contributed by atoms with van der Waals surface area (Å²) in [6, 6.07) is 10.2. The second-order valence-electron chi connectivity index (χ2n) is 5.64. The van der Waals surface area contributed by atoms with Gasteiger partial charge in [-0.25, -0.2) is 0 Å². The standard InChI is InChI=1S/C18H20N2OS2.BrH/c1-13-6-7-14(2)15(11-13)20(18-19-8-4-10-23-18)12-16(21)17-5-3-9-22-17;/h3,5-7,9,11H,4,8,10,12H2,1-2H3;1H. The van der Waals surface area contributed by atoms with Crippen LogP contribution in [0.1, 0.15) is 27.2 Å². The molecule has 1 aliphatic heterocycles. The van der Waals surface area contributed by atoms with E-state index >= 15 is 0 Å². The van der Waals surface area contributed by atoms with Crippen molar-refractivity contribution in [2.24, 2.45) is 4.99 Å². The van der Waals surface area contributed by atoms with Crippen LogP contribution in [0.4, 0.5) is 5.69 Å². The van der Waals surface area contributed by atoms with Gasteiger partial charge in [-0.1, -0.05) is 30.0 Å². The second kappa shape index (κ2) is 8.83. The first-order valence-corrected chi connectivity index (χ1v) is 9.60. The molecular weight excluding hydrogens is 404 g/mol. The maximum atomic E-state index is 12.6. The number of carbonyl (C=O) groups excluding carboxylic acids is 1. The number of amidine groups is 1. The van der Waals surface area contributed by atoms with E-state index in [-0.39, 0.29) is 22.8 Å². The van der Waals surface area contributed by atoms with Gasteiger partial charge >= 0.3 is 0 Å². The Morgan fingerprint density at radius 2 is 2.12 bits per heavy atom. The number of hydrogen-bond acceptors (Lipinski definition) is 5. The van der Waals surface area contributed by atoms with E-state index in [1.165, 1.54) is 22.5 Å². The maximum Gasteiger partial charge on any atom is 0.192 e. The number of hydrogen-bond donors (Lipinski definition) is 0. The van der Waals surface area contributed by atoms with E-state index in [1.54, 1.807) is 11.8 Å². The van der Waals surface area contributed by atoms with E-state index < -0.39 is 0 Å². The van der Waals surface area contributed by atoms with Gasteiger partial charge < -0.3 is 4.90 Å². The van der Waals surface area contributed by atoms with Crippen LogP contribution in [0.15, 0.2) is 40.7 Å². The SMILES string of the molecule is Br.Cc1ccc(C)c(N(CC(=O)c2cccs2)C2=NCCCS2)c1. The van der Waals surface area contributed by atoms with E-state index in [0.29, 0.717) is 6.54 Å². The van der Waals surface area contributed by atoms with Crippen molar-refractivity contribution < 1.29 is 4.79 Å². The summed E-state index contributed by atoms with van der Waals surface area (Å²) in [5.41, 5.74) is 3.45. The number of rotatable bonds is 4. The fourth-order valence-corrected chi connectivity index (χ4v) is 4.15. The van der Waals surface area contributed by atoms with E-state index in [9.17, 15) is 4.79 Å². The van der Waals surface area contributed by atoms with Gasteiger partial charge in [-0.15, -0.1) is 28.3 Å². The molecule has 0 saturated heterocycles. The summed E-state index contributed by atoms with van der Waals surface area (Å²) in [6.45, 7) is 5.36. The van der Waals surface area contributed by atoms with Crippen LogP contribution in [0, 0.1) is 13.8 Å². The minimum absolute atomic E-state index is 0. The summed E-state index contributed by atoms with van der Waals surface area (Å²) >= 11 is 3.25. The smallest absolute Gasteiger partial charge is 0.192 e. The van der Waals surface area contributed by atoms with E-state index in [4.69, 9.17) is 0 Å². The van der Waals surface area contributed by atoms with Crippen molar-refractivity contribution in [1.82, 2.24) is 0 Å². The third-order valence-electron chi connectivity index (χ3n) is 3.76. The third-order valence-corrected chi connectivity index (χ3v) is 5.78. The predicted octanol–water partition coefficient (Wildman–Crippen LogP) is 5.13. The molecule has 0 amide bonds. The zero-order valence-corrected chi connectivity index (χ0v) is 17.2. The zero-order valence-electron chi connectivity index (χ0n) is 13.8. The molecule has 3 nitrogen and oxygen atoms in total. The van der Waals surface area contributed by atoms with Gasteiger partial charge in [0.25, 0.3) is 0 Å². The first kappa shape index (κ1) is 19.2. The number of nitrogens with zero attached hydrogens (tertiary/aromatic N) is 2. The Balaban J connectivity index is 0.00000208. The molecule has 2 heterocycles. The molecule has 0 bridgehead atoms. The van der Waals surface area contributed by atoms with Crippen LogP contribution >= 0.6 is 40.1 Å². The van der Waals surface area contributed by atoms with Gasteiger partial charge in [0, 0.05) is 18.0 Å². The first-order chi connectivity index (χ1) is 11.1. The molecule has 6 heteroatoms. The third kappa shape index (κ3) is 4.49. The fraction of sp³-hybridized carbons (Fsp3) is 0.333. The van der Waals surface area contributed by atoms with E-state index in [2.05, 4.69) is 41.9 Å². The lowest BCUT2D eigenvalue weighted by Crippen LogP contribution is -2.36. The molecule has 24 heavy (non-hydrogen) atoms. The van der Waals surface area contributed by atoms with Gasteiger partial charge in [0.1, 0.15) is 0 Å². The molecule has 2 aromatic rings. The number of halogens is 1. The van der Waals surface area contributed by atoms with Crippen LogP contribution in [-0.4, -0.2) is 29.8 Å². The summed E-state index contributed by atoms with van der Waals surface area (Å²) in [4.78, 5) is 20.2. The Labute approximate surface area is 161 Å². The summed E-state index contributed by atoms with van der Waals surface area (Å²) in [5.74, 6) is 1.21. The first-order valence-electron chi connectivity index (χ1n) is 7.74. The highest BCUT2D eigenvalue weighted by molar-refractivity contribution is 8.93. The quantitative estimate of drug-likeness (QED) is 0.637. The predicted molar refractivity (Wildman–Crippen MR) is 112 cm³/mol. The van der Waals surface area contributed by atoms with E-state index in [1.807, 2.05) is 17.5 Å². The molecule has 0 radical (unpaired) electrons. The molecule has 0 atom stereocenters. The van der Waals surface area contributed by atoms with Gasteiger partial charge in [-0.3, -0.25) is 9.79 Å². The van der Waals surface area contributed by atoms with Gasteiger partial charge in [0.15, 0.2) is 11.0 Å². The lowest BCUT2D eigenvalue weighted by Gasteiger charge is -2.28. The number of Topliss-reactive ketones (excluding diaryl/α,β-unsaturated/α-hetero) is 1. The highest BCUT2D eigenvalue weighted by Gasteiger charge is 2.22. The van der Waals surface area contributed by atoms with Crippen molar-refractivity contribution in [3.63, 3.8) is 0 Å². The summed E-state index contributed by atoms with van der Waals surface area (Å²) < 4.78 is 0. The van der Waals surface area contributed by atoms with Crippen LogP contribution in [0.3, 0.4) is 0 Å². The molecule has 3 rings (SSSR count). The number of carbonyl (C=O) groups is 1. The number of benzene rings is 1. The average molecular weight is 425 g/mol. The van der Waals surface area contributed by atoms with E-state index in [0.717, 1.165) is 34.5 Å². The molecule has 0 aliphatic carbocycles. The lowest BCUT2D eigenvalue weighted by molar-refractivity contribution is 0.101. The molecule has 0 fully saturated rings. The Bertz CT molecular complexity index is 729. The lowest BCUT2D eigenvalue weighted by atomic mass is 10.1. The summed E-state index contributed by atoms with van der Waals surface area (Å²) in [5, 5.41) is 2.91. The Morgan fingerprint density at radius 3 is 2.79 bits per heavy atom. The molecule has 1 aromatic carbocycles. The number of anilines is 1. The highest BCUT2D eigenvalue weighted by Crippen LogP contribution is 2.27. The molecular formula is C18H21BrN2OS2. The Hall–Kier alpha value is -1.11. The monoisotopic (exact) mass is 424 g/mol. The Morgan fingerprint density at radius 1 is 1.29 bits per heavy atom. The van der Waals surface area contributed by atoms with Gasteiger partial charge in [-0.05, 0) is 48.9 Å². The largest absolute Gasteiger partial charge is 0.313 e. The molecule has 128 valence electrons. The maximum absolute atomic E-state index is 12.6. The molecule has 0 unspecified atom stereocenters. The number of aryl methyl sites for hydroxylation is 2. The van der Waals surface area contributed by atoms with Crippen molar-refractivity contribution >= 4 is 56.7 Å². The number of aliphatic imine (C=N–C) groups is 1. The Kier molecular flexibility index (Phi) is 7.07. The number of thioether (sulfide) groups is 1. The highest BCUT2D eigenvalue weighted by atomic mass is 79.9. The van der Waals surface area contributed by atoms with Crippen molar-refractivity contribution in [3.05, 3.63) is 51.7 Å². The molecule has 0 N–H and O–H groups in total. The summed E-state index contributed by atoms with van der Waals surface area (Å²) in [7, 11) is 0. The van der Waals surface area contributed by atoms with Crippen LogP contribution in [0.5, 0.6) is 0 Å². The minimum Gasteiger partial charge on any atom is -0.313 e. The van der Waals surface area contributed by atoms with Crippen LogP contribution in [-0.2, 0) is 0 Å². The van der Waals surface area contributed by atoms with Crippen LogP contribution in [0.2, 0.25) is 0 Å². The van der Waals surface area contributed by atoms with Gasteiger partial charge in [-0.2, -0.15) is 0 Å². The molecule has 0 spiro atoms. The average Bonchev–Trinajstić information content (AvgIpc) is 3.10.